The lowest BCUT2D eigenvalue weighted by Gasteiger charge is -2.16. The maximum absolute atomic E-state index is 10.9. The molecule has 0 aromatic carbocycles. The van der Waals surface area contributed by atoms with Crippen LogP contribution in [0.25, 0.3) is 0 Å². The molecule has 0 aliphatic heterocycles. The Morgan fingerprint density at radius 1 is 1.44 bits per heavy atom. The molecule has 0 rings (SSSR count). The fourth-order valence-corrected chi connectivity index (χ4v) is 1.53. The highest BCUT2D eigenvalue weighted by Crippen LogP contribution is 2.15. The van der Waals surface area contributed by atoms with Gasteiger partial charge >= 0.3 is 5.97 Å². The maximum atomic E-state index is 10.9. The molecule has 2 unspecified atom stereocenters. The maximum Gasteiger partial charge on any atom is 0.306 e. The molecule has 0 aromatic heterocycles. The highest BCUT2D eigenvalue weighted by molar-refractivity contribution is 5.69. The summed E-state index contributed by atoms with van der Waals surface area (Å²) in [5, 5.41) is 18.5. The Bertz CT molecular complexity index is 187. The zero-order chi connectivity index (χ0) is 12.4. The number of ether oxygens (including phenoxy) is 1. The number of aliphatic hydroxyl groups excluding tert-OH is 1. The fraction of sp³-hybridized carbons (Fsp3) is 0.909. The second-order valence-electron chi connectivity index (χ2n) is 3.87. The molecule has 0 saturated heterocycles. The largest absolute Gasteiger partial charge is 0.481 e. The smallest absolute Gasteiger partial charge is 0.306 e. The van der Waals surface area contributed by atoms with Gasteiger partial charge in [-0.05, 0) is 32.7 Å². The average Bonchev–Trinajstić information content (AvgIpc) is 2.25. The number of aliphatic hydroxyl groups is 1. The first-order chi connectivity index (χ1) is 7.61. The average molecular weight is 233 g/mol. The summed E-state index contributed by atoms with van der Waals surface area (Å²) in [7, 11) is 0. The van der Waals surface area contributed by atoms with E-state index in [0.29, 0.717) is 19.6 Å². The second kappa shape index (κ2) is 9.57. The Hall–Kier alpha value is -0.650. The van der Waals surface area contributed by atoms with Crippen LogP contribution in [0.2, 0.25) is 0 Å². The molecule has 0 aliphatic rings. The molecule has 0 bridgehead atoms. The van der Waals surface area contributed by atoms with Gasteiger partial charge in [0.05, 0.1) is 18.6 Å². The van der Waals surface area contributed by atoms with Crippen molar-refractivity contribution in [2.45, 2.75) is 38.7 Å². The number of nitrogens with two attached hydrogens (primary N) is 1. The lowest BCUT2D eigenvalue weighted by atomic mass is 9.96. The van der Waals surface area contributed by atoms with Gasteiger partial charge in [0, 0.05) is 6.61 Å². The lowest BCUT2D eigenvalue weighted by molar-refractivity contribution is -0.143. The van der Waals surface area contributed by atoms with Gasteiger partial charge in [-0.1, -0.05) is 6.42 Å². The Labute approximate surface area is 96.6 Å². The Balaban J connectivity index is 3.87. The van der Waals surface area contributed by atoms with E-state index in [0.717, 1.165) is 12.8 Å². The normalized spacial score (nSPS) is 14.7. The summed E-state index contributed by atoms with van der Waals surface area (Å²) in [4.78, 5) is 10.9. The minimum atomic E-state index is -0.854. The van der Waals surface area contributed by atoms with Crippen molar-refractivity contribution in [1.82, 2.24) is 0 Å². The topological polar surface area (TPSA) is 92.8 Å². The van der Waals surface area contributed by atoms with Crippen LogP contribution in [-0.4, -0.2) is 42.0 Å². The highest BCUT2D eigenvalue weighted by atomic mass is 16.5. The van der Waals surface area contributed by atoms with E-state index in [9.17, 15) is 9.90 Å². The second-order valence-corrected chi connectivity index (χ2v) is 3.87. The van der Waals surface area contributed by atoms with Crippen molar-refractivity contribution in [2.75, 3.05) is 19.8 Å². The summed E-state index contributed by atoms with van der Waals surface area (Å²) >= 11 is 0. The van der Waals surface area contributed by atoms with Crippen LogP contribution >= 0.6 is 0 Å². The molecular weight excluding hydrogens is 210 g/mol. The van der Waals surface area contributed by atoms with E-state index in [1.54, 1.807) is 0 Å². The Kier molecular flexibility index (Phi) is 9.18. The summed E-state index contributed by atoms with van der Waals surface area (Å²) in [6, 6.07) is 0. The van der Waals surface area contributed by atoms with E-state index in [4.69, 9.17) is 15.6 Å². The predicted molar refractivity (Wildman–Crippen MR) is 61.1 cm³/mol. The zero-order valence-electron chi connectivity index (χ0n) is 9.89. The van der Waals surface area contributed by atoms with Crippen LogP contribution in [0.1, 0.15) is 32.6 Å². The van der Waals surface area contributed by atoms with Crippen LogP contribution in [0.3, 0.4) is 0 Å². The van der Waals surface area contributed by atoms with Crippen LogP contribution in [0.15, 0.2) is 0 Å². The number of rotatable bonds is 10. The van der Waals surface area contributed by atoms with Crippen LogP contribution in [0, 0.1) is 5.92 Å². The number of aliphatic carboxylic acids is 1. The van der Waals surface area contributed by atoms with Gasteiger partial charge in [-0.15, -0.1) is 0 Å². The highest BCUT2D eigenvalue weighted by Gasteiger charge is 2.20. The summed E-state index contributed by atoms with van der Waals surface area (Å²) in [6.45, 7) is 3.15. The standard InChI is InChI=1S/C11H23NO4/c1-2-16-8-10(13)7-9(11(14)15)5-3-4-6-12/h9-10,13H,2-8,12H2,1H3,(H,14,15). The van der Waals surface area contributed by atoms with Crippen molar-refractivity contribution in [3.05, 3.63) is 0 Å². The van der Waals surface area contributed by atoms with Crippen molar-refractivity contribution in [1.29, 1.82) is 0 Å². The van der Waals surface area contributed by atoms with Crippen molar-refractivity contribution in [2.24, 2.45) is 11.7 Å². The van der Waals surface area contributed by atoms with E-state index >= 15 is 0 Å². The molecule has 0 amide bonds. The summed E-state index contributed by atoms with van der Waals surface area (Å²) < 4.78 is 5.04. The van der Waals surface area contributed by atoms with Crippen molar-refractivity contribution < 1.29 is 19.7 Å². The zero-order valence-corrected chi connectivity index (χ0v) is 9.89. The molecule has 0 saturated carbocycles. The van der Waals surface area contributed by atoms with Gasteiger partial charge in [0.25, 0.3) is 0 Å². The third-order valence-corrected chi connectivity index (χ3v) is 2.43. The van der Waals surface area contributed by atoms with Gasteiger partial charge in [-0.3, -0.25) is 4.79 Å². The predicted octanol–water partition coefficient (Wildman–Crippen LogP) is 0.604. The van der Waals surface area contributed by atoms with Gasteiger partial charge < -0.3 is 20.7 Å². The molecule has 16 heavy (non-hydrogen) atoms. The third-order valence-electron chi connectivity index (χ3n) is 2.43. The van der Waals surface area contributed by atoms with Crippen molar-refractivity contribution in [3.63, 3.8) is 0 Å². The minimum Gasteiger partial charge on any atom is -0.481 e. The van der Waals surface area contributed by atoms with Crippen LogP contribution in [0.5, 0.6) is 0 Å². The van der Waals surface area contributed by atoms with Crippen LogP contribution in [-0.2, 0) is 9.53 Å². The first kappa shape index (κ1) is 15.3. The molecule has 2 atom stereocenters. The molecule has 0 aliphatic carbocycles. The molecule has 0 fully saturated rings. The third kappa shape index (κ3) is 7.62. The molecule has 0 radical (unpaired) electrons. The Morgan fingerprint density at radius 3 is 2.62 bits per heavy atom. The first-order valence-corrected chi connectivity index (χ1v) is 5.80. The fourth-order valence-electron chi connectivity index (χ4n) is 1.53. The minimum absolute atomic E-state index is 0.206. The van der Waals surface area contributed by atoms with E-state index in [-0.39, 0.29) is 13.0 Å². The molecule has 0 spiro atoms. The first-order valence-electron chi connectivity index (χ1n) is 5.80. The molecule has 96 valence electrons. The summed E-state index contributed by atoms with van der Waals surface area (Å²) in [5.74, 6) is -1.35. The molecule has 5 heteroatoms. The van der Waals surface area contributed by atoms with E-state index < -0.39 is 18.0 Å². The molecule has 5 nitrogen and oxygen atoms in total. The number of carboxylic acid groups (broad SMARTS) is 1. The van der Waals surface area contributed by atoms with Gasteiger partial charge in [0.1, 0.15) is 0 Å². The molecule has 0 heterocycles. The number of hydrogen-bond donors (Lipinski definition) is 3. The van der Waals surface area contributed by atoms with Gasteiger partial charge in [0.15, 0.2) is 0 Å². The van der Waals surface area contributed by atoms with Crippen molar-refractivity contribution >= 4 is 5.97 Å². The van der Waals surface area contributed by atoms with E-state index in [2.05, 4.69) is 0 Å². The molecule has 0 aromatic rings. The van der Waals surface area contributed by atoms with E-state index in [1.807, 2.05) is 6.92 Å². The van der Waals surface area contributed by atoms with Gasteiger partial charge in [-0.25, -0.2) is 0 Å². The van der Waals surface area contributed by atoms with Crippen molar-refractivity contribution in [3.8, 4) is 0 Å². The number of carbonyl (C=O) groups is 1. The Morgan fingerprint density at radius 2 is 2.12 bits per heavy atom. The number of carboxylic acids is 1. The van der Waals surface area contributed by atoms with Crippen LogP contribution < -0.4 is 5.73 Å². The molecular formula is C11H23NO4. The summed E-state index contributed by atoms with van der Waals surface area (Å²) in [6.07, 6.45) is 1.73. The quantitative estimate of drug-likeness (QED) is 0.481. The van der Waals surface area contributed by atoms with Crippen LogP contribution in [0.4, 0.5) is 0 Å². The number of unbranched alkanes of at least 4 members (excludes halogenated alkanes) is 1. The molecule has 4 N–H and O–H groups in total. The summed E-state index contributed by atoms with van der Waals surface area (Å²) in [5.41, 5.74) is 5.34. The monoisotopic (exact) mass is 233 g/mol. The lowest BCUT2D eigenvalue weighted by Crippen LogP contribution is -2.24. The van der Waals surface area contributed by atoms with E-state index in [1.165, 1.54) is 0 Å². The SMILES string of the molecule is CCOCC(O)CC(CCCCN)C(=O)O. The number of hydrogen-bond acceptors (Lipinski definition) is 4. The van der Waals surface area contributed by atoms with Gasteiger partial charge in [0.2, 0.25) is 0 Å². The van der Waals surface area contributed by atoms with Gasteiger partial charge in [-0.2, -0.15) is 0 Å².